The molecule has 0 spiro atoms. The zero-order valence-electron chi connectivity index (χ0n) is 9.31. The van der Waals surface area contributed by atoms with Gasteiger partial charge in [-0.05, 0) is 18.4 Å². The standard InChI is InChI=1S/C11H20O2/c1-8(2)9-6-11(3,13-5)10(9)7-12-4/h8H,6-7H2,1-5H3. The van der Waals surface area contributed by atoms with Crippen molar-refractivity contribution in [1.82, 2.24) is 0 Å². The van der Waals surface area contributed by atoms with Crippen molar-refractivity contribution in [2.75, 3.05) is 20.8 Å². The Morgan fingerprint density at radius 1 is 1.38 bits per heavy atom. The van der Waals surface area contributed by atoms with Crippen LogP contribution in [0.2, 0.25) is 0 Å². The Bertz CT molecular complexity index is 218. The molecule has 1 atom stereocenters. The minimum atomic E-state index is -0.0599. The molecule has 1 aliphatic carbocycles. The van der Waals surface area contributed by atoms with Crippen LogP contribution in [0.3, 0.4) is 0 Å². The number of hydrogen-bond donors (Lipinski definition) is 0. The van der Waals surface area contributed by atoms with E-state index >= 15 is 0 Å². The number of rotatable bonds is 4. The topological polar surface area (TPSA) is 18.5 Å². The molecule has 0 amide bonds. The highest BCUT2D eigenvalue weighted by molar-refractivity contribution is 5.38. The van der Waals surface area contributed by atoms with E-state index in [0.29, 0.717) is 12.5 Å². The molecule has 0 N–H and O–H groups in total. The molecule has 2 nitrogen and oxygen atoms in total. The first kappa shape index (κ1) is 10.7. The van der Waals surface area contributed by atoms with Gasteiger partial charge >= 0.3 is 0 Å². The van der Waals surface area contributed by atoms with Crippen molar-refractivity contribution in [3.63, 3.8) is 0 Å². The van der Waals surface area contributed by atoms with Gasteiger partial charge < -0.3 is 9.47 Å². The highest BCUT2D eigenvalue weighted by Gasteiger charge is 2.41. The first-order valence-electron chi connectivity index (χ1n) is 4.81. The molecule has 0 heterocycles. The van der Waals surface area contributed by atoms with Crippen LogP contribution in [0.1, 0.15) is 27.2 Å². The smallest absolute Gasteiger partial charge is 0.0921 e. The molecular formula is C11H20O2. The van der Waals surface area contributed by atoms with E-state index in [2.05, 4.69) is 20.8 Å². The Hall–Kier alpha value is -0.340. The summed E-state index contributed by atoms with van der Waals surface area (Å²) in [7, 11) is 3.51. The number of hydrogen-bond acceptors (Lipinski definition) is 2. The van der Waals surface area contributed by atoms with Crippen LogP contribution in [-0.2, 0) is 9.47 Å². The minimum absolute atomic E-state index is 0.0599. The lowest BCUT2D eigenvalue weighted by atomic mass is 9.70. The predicted molar refractivity (Wildman–Crippen MR) is 53.8 cm³/mol. The Balaban J connectivity index is 2.81. The van der Waals surface area contributed by atoms with Gasteiger partial charge in [-0.2, -0.15) is 0 Å². The first-order valence-corrected chi connectivity index (χ1v) is 4.81. The zero-order chi connectivity index (χ0) is 10.1. The average molecular weight is 184 g/mol. The molecule has 0 aromatic carbocycles. The second kappa shape index (κ2) is 3.81. The summed E-state index contributed by atoms with van der Waals surface area (Å²) >= 11 is 0. The summed E-state index contributed by atoms with van der Waals surface area (Å²) in [6.45, 7) is 7.28. The molecule has 1 unspecified atom stereocenters. The molecule has 0 saturated heterocycles. The lowest BCUT2D eigenvalue weighted by Crippen LogP contribution is -2.42. The molecule has 2 heteroatoms. The second-order valence-corrected chi connectivity index (χ2v) is 4.20. The predicted octanol–water partition coefficient (Wildman–Crippen LogP) is 2.39. The lowest BCUT2D eigenvalue weighted by Gasteiger charge is -2.44. The van der Waals surface area contributed by atoms with Crippen molar-refractivity contribution in [2.24, 2.45) is 5.92 Å². The van der Waals surface area contributed by atoms with Crippen LogP contribution < -0.4 is 0 Å². The van der Waals surface area contributed by atoms with Gasteiger partial charge in [0.2, 0.25) is 0 Å². The molecule has 0 saturated carbocycles. The van der Waals surface area contributed by atoms with Crippen LogP contribution in [-0.4, -0.2) is 26.4 Å². The fourth-order valence-electron chi connectivity index (χ4n) is 1.95. The molecule has 0 aromatic rings. The average Bonchev–Trinajstić information content (AvgIpc) is 2.09. The van der Waals surface area contributed by atoms with E-state index in [1.165, 1.54) is 11.1 Å². The molecule has 0 fully saturated rings. The molecule has 0 bridgehead atoms. The van der Waals surface area contributed by atoms with Gasteiger partial charge in [0.25, 0.3) is 0 Å². The Morgan fingerprint density at radius 2 is 2.00 bits per heavy atom. The van der Waals surface area contributed by atoms with Gasteiger partial charge in [0.05, 0.1) is 12.2 Å². The fourth-order valence-corrected chi connectivity index (χ4v) is 1.95. The van der Waals surface area contributed by atoms with E-state index in [0.717, 1.165) is 6.42 Å². The van der Waals surface area contributed by atoms with Crippen LogP contribution in [0, 0.1) is 5.92 Å². The molecule has 1 aliphatic rings. The van der Waals surface area contributed by atoms with Gasteiger partial charge in [0.1, 0.15) is 0 Å². The van der Waals surface area contributed by atoms with Gasteiger partial charge in [0.15, 0.2) is 0 Å². The van der Waals surface area contributed by atoms with Crippen molar-refractivity contribution in [1.29, 1.82) is 0 Å². The van der Waals surface area contributed by atoms with Crippen LogP contribution in [0.15, 0.2) is 11.1 Å². The van der Waals surface area contributed by atoms with Crippen LogP contribution in [0.4, 0.5) is 0 Å². The monoisotopic (exact) mass is 184 g/mol. The number of methoxy groups -OCH3 is 2. The third-order valence-corrected chi connectivity index (χ3v) is 2.99. The maximum Gasteiger partial charge on any atom is 0.0921 e. The normalized spacial score (nSPS) is 28.2. The van der Waals surface area contributed by atoms with Gasteiger partial charge in [-0.1, -0.05) is 19.4 Å². The Morgan fingerprint density at radius 3 is 2.38 bits per heavy atom. The molecule has 0 aromatic heterocycles. The van der Waals surface area contributed by atoms with Gasteiger partial charge in [-0.3, -0.25) is 0 Å². The van der Waals surface area contributed by atoms with E-state index in [9.17, 15) is 0 Å². The van der Waals surface area contributed by atoms with E-state index in [1.807, 2.05) is 0 Å². The molecule has 13 heavy (non-hydrogen) atoms. The van der Waals surface area contributed by atoms with Crippen molar-refractivity contribution < 1.29 is 9.47 Å². The SMILES string of the molecule is COCC1=C(C(C)C)CC1(C)OC. The summed E-state index contributed by atoms with van der Waals surface area (Å²) in [5.74, 6) is 0.619. The lowest BCUT2D eigenvalue weighted by molar-refractivity contribution is 0.00185. The van der Waals surface area contributed by atoms with Crippen LogP contribution in [0.5, 0.6) is 0 Å². The molecule has 1 rings (SSSR count). The fraction of sp³-hybridized carbons (Fsp3) is 0.818. The van der Waals surface area contributed by atoms with Crippen molar-refractivity contribution in [2.45, 2.75) is 32.8 Å². The maximum absolute atomic E-state index is 5.48. The summed E-state index contributed by atoms with van der Waals surface area (Å²) in [6, 6.07) is 0. The van der Waals surface area contributed by atoms with E-state index < -0.39 is 0 Å². The summed E-state index contributed by atoms with van der Waals surface area (Å²) < 4.78 is 10.7. The second-order valence-electron chi connectivity index (χ2n) is 4.20. The van der Waals surface area contributed by atoms with E-state index in [4.69, 9.17) is 9.47 Å². The van der Waals surface area contributed by atoms with Crippen molar-refractivity contribution in [3.05, 3.63) is 11.1 Å². The summed E-state index contributed by atoms with van der Waals surface area (Å²) in [4.78, 5) is 0. The maximum atomic E-state index is 5.48. The summed E-state index contributed by atoms with van der Waals surface area (Å²) in [5.41, 5.74) is 2.79. The van der Waals surface area contributed by atoms with E-state index in [-0.39, 0.29) is 5.60 Å². The van der Waals surface area contributed by atoms with Crippen molar-refractivity contribution >= 4 is 0 Å². The molecule has 76 valence electrons. The quantitative estimate of drug-likeness (QED) is 0.625. The van der Waals surface area contributed by atoms with Crippen LogP contribution >= 0.6 is 0 Å². The largest absolute Gasteiger partial charge is 0.380 e. The van der Waals surface area contributed by atoms with Crippen LogP contribution in [0.25, 0.3) is 0 Å². The Kier molecular flexibility index (Phi) is 3.14. The van der Waals surface area contributed by atoms with Gasteiger partial charge in [0, 0.05) is 20.6 Å². The first-order chi connectivity index (χ1) is 6.05. The highest BCUT2D eigenvalue weighted by Crippen LogP contribution is 2.44. The zero-order valence-corrected chi connectivity index (χ0v) is 9.31. The third-order valence-electron chi connectivity index (χ3n) is 2.99. The van der Waals surface area contributed by atoms with Gasteiger partial charge in [-0.15, -0.1) is 0 Å². The van der Waals surface area contributed by atoms with Crippen molar-refractivity contribution in [3.8, 4) is 0 Å². The van der Waals surface area contributed by atoms with Gasteiger partial charge in [-0.25, -0.2) is 0 Å². The summed E-state index contributed by atoms with van der Waals surface area (Å²) in [6.07, 6.45) is 1.06. The number of ether oxygens (including phenoxy) is 2. The minimum Gasteiger partial charge on any atom is -0.380 e. The molecular weight excluding hydrogens is 164 g/mol. The third kappa shape index (κ3) is 1.79. The molecule has 0 aliphatic heterocycles. The molecule has 0 radical (unpaired) electrons. The van der Waals surface area contributed by atoms with E-state index in [1.54, 1.807) is 14.2 Å². The highest BCUT2D eigenvalue weighted by atomic mass is 16.5. The Labute approximate surface area is 80.9 Å². The summed E-state index contributed by atoms with van der Waals surface area (Å²) in [5, 5.41) is 0.